The van der Waals surface area contributed by atoms with Gasteiger partial charge in [-0.25, -0.2) is 4.39 Å². The maximum absolute atomic E-state index is 13.0. The molecule has 0 N–H and O–H groups in total. The third-order valence-corrected chi connectivity index (χ3v) is 2.86. The summed E-state index contributed by atoms with van der Waals surface area (Å²) in [6.07, 6.45) is 1.37. The van der Waals surface area contributed by atoms with Crippen LogP contribution in [0.1, 0.15) is 16.1 Å². The zero-order valence-electron chi connectivity index (χ0n) is 8.75. The second-order valence-electron chi connectivity index (χ2n) is 3.42. The first kappa shape index (κ1) is 12.1. The molecule has 17 heavy (non-hydrogen) atoms. The molecule has 0 aliphatic carbocycles. The van der Waals surface area contributed by atoms with Gasteiger partial charge in [0, 0.05) is 12.6 Å². The van der Waals surface area contributed by atoms with Crippen molar-refractivity contribution in [2.75, 3.05) is 0 Å². The van der Waals surface area contributed by atoms with Crippen LogP contribution in [0.4, 0.5) is 4.39 Å². The summed E-state index contributed by atoms with van der Waals surface area (Å²) >= 11 is 11.5. The lowest BCUT2D eigenvalue weighted by Gasteiger charge is -2.03. The highest BCUT2D eigenvalue weighted by Crippen LogP contribution is 2.21. The van der Waals surface area contributed by atoms with Gasteiger partial charge in [-0.15, -0.1) is 0 Å². The summed E-state index contributed by atoms with van der Waals surface area (Å²) in [7, 11) is 1.60. The minimum Gasteiger partial charge on any atom is -0.287 e. The van der Waals surface area contributed by atoms with Crippen LogP contribution in [0.25, 0.3) is 0 Å². The number of carbonyl (C=O) groups excluding carboxylic acids is 1. The second-order valence-corrected chi connectivity index (χ2v) is 4.24. The van der Waals surface area contributed by atoms with Crippen molar-refractivity contribution in [2.24, 2.45) is 7.05 Å². The van der Waals surface area contributed by atoms with Crippen LogP contribution < -0.4 is 0 Å². The number of ketones is 1. The van der Waals surface area contributed by atoms with Gasteiger partial charge in [-0.05, 0) is 18.2 Å². The predicted octanol–water partition coefficient (Wildman–Crippen LogP) is 3.10. The Labute approximate surface area is 107 Å². The Balaban J connectivity index is 2.48. The van der Waals surface area contributed by atoms with Gasteiger partial charge in [0.2, 0.25) is 5.78 Å². The van der Waals surface area contributed by atoms with E-state index in [0.29, 0.717) is 0 Å². The van der Waals surface area contributed by atoms with Crippen molar-refractivity contribution in [1.29, 1.82) is 0 Å². The first-order chi connectivity index (χ1) is 8.00. The van der Waals surface area contributed by atoms with Crippen molar-refractivity contribution in [3.63, 3.8) is 0 Å². The quantitative estimate of drug-likeness (QED) is 0.788. The van der Waals surface area contributed by atoms with Gasteiger partial charge in [0.05, 0.1) is 16.2 Å². The molecule has 0 bridgehead atoms. The van der Waals surface area contributed by atoms with Crippen molar-refractivity contribution in [2.45, 2.75) is 0 Å². The summed E-state index contributed by atoms with van der Waals surface area (Å²) in [5.41, 5.74) is 0.510. The van der Waals surface area contributed by atoms with E-state index in [1.807, 2.05) is 0 Å². The molecule has 0 aliphatic heterocycles. The van der Waals surface area contributed by atoms with Crippen molar-refractivity contribution < 1.29 is 9.18 Å². The maximum Gasteiger partial charge on any atom is 0.212 e. The fraction of sp³-hybridized carbons (Fsp3) is 0.0909. The third kappa shape index (κ3) is 2.18. The van der Waals surface area contributed by atoms with Gasteiger partial charge in [0.1, 0.15) is 11.5 Å². The number of rotatable bonds is 2. The zero-order chi connectivity index (χ0) is 12.6. The molecule has 0 unspecified atom stereocenters. The van der Waals surface area contributed by atoms with Gasteiger partial charge < -0.3 is 0 Å². The van der Waals surface area contributed by atoms with E-state index >= 15 is 0 Å². The molecule has 1 aromatic heterocycles. The molecule has 1 aromatic carbocycles. The van der Waals surface area contributed by atoms with E-state index < -0.39 is 5.82 Å². The van der Waals surface area contributed by atoms with Gasteiger partial charge in [-0.2, -0.15) is 5.10 Å². The van der Waals surface area contributed by atoms with Crippen LogP contribution in [0.5, 0.6) is 0 Å². The molecule has 0 amide bonds. The Kier molecular flexibility index (Phi) is 3.17. The molecule has 0 atom stereocenters. The summed E-state index contributed by atoms with van der Waals surface area (Å²) in [6.45, 7) is 0. The maximum atomic E-state index is 13.0. The molecule has 0 radical (unpaired) electrons. The molecule has 0 aliphatic rings. The number of hydrogen-bond acceptors (Lipinski definition) is 2. The third-order valence-electron chi connectivity index (χ3n) is 2.29. The van der Waals surface area contributed by atoms with Gasteiger partial charge >= 0.3 is 0 Å². The molecular weight excluding hydrogens is 266 g/mol. The fourth-order valence-corrected chi connectivity index (χ4v) is 1.87. The van der Waals surface area contributed by atoms with Gasteiger partial charge in [0.25, 0.3) is 0 Å². The summed E-state index contributed by atoms with van der Waals surface area (Å²) < 4.78 is 14.3. The number of hydrogen-bond donors (Lipinski definition) is 0. The lowest BCUT2D eigenvalue weighted by Crippen LogP contribution is -2.09. The molecular formula is C11H7Cl2FN2O. The van der Waals surface area contributed by atoms with Crippen LogP contribution in [0, 0.1) is 5.82 Å². The molecule has 88 valence electrons. The van der Waals surface area contributed by atoms with Crippen LogP contribution in [0.3, 0.4) is 0 Å². The van der Waals surface area contributed by atoms with Crippen LogP contribution in [-0.2, 0) is 7.05 Å². The predicted molar refractivity (Wildman–Crippen MR) is 63.1 cm³/mol. The summed E-state index contributed by atoms with van der Waals surface area (Å²) in [5, 5.41) is 4.01. The van der Waals surface area contributed by atoms with Crippen molar-refractivity contribution >= 4 is 29.0 Å². The average molecular weight is 273 g/mol. The molecule has 1 heterocycles. The molecule has 2 rings (SSSR count). The van der Waals surface area contributed by atoms with E-state index in [1.54, 1.807) is 7.05 Å². The highest BCUT2D eigenvalue weighted by molar-refractivity contribution is 6.35. The number of halogens is 3. The van der Waals surface area contributed by atoms with Crippen molar-refractivity contribution in [3.05, 3.63) is 51.5 Å². The summed E-state index contributed by atoms with van der Waals surface area (Å²) in [5.74, 6) is -0.920. The summed E-state index contributed by atoms with van der Waals surface area (Å²) in [4.78, 5) is 12.1. The van der Waals surface area contributed by atoms with Gasteiger partial charge in [0.15, 0.2) is 0 Å². The lowest BCUT2D eigenvalue weighted by atomic mass is 10.1. The van der Waals surface area contributed by atoms with E-state index in [9.17, 15) is 9.18 Å². The van der Waals surface area contributed by atoms with Crippen LogP contribution in [-0.4, -0.2) is 15.6 Å². The number of carbonyl (C=O) groups is 1. The molecule has 0 fully saturated rings. The molecule has 2 aromatic rings. The highest BCUT2D eigenvalue weighted by atomic mass is 35.5. The minimum atomic E-state index is -0.570. The van der Waals surface area contributed by atoms with Crippen molar-refractivity contribution in [1.82, 2.24) is 9.78 Å². The Morgan fingerprint density at radius 3 is 2.59 bits per heavy atom. The largest absolute Gasteiger partial charge is 0.287 e. The Bertz CT molecular complexity index is 576. The number of benzene rings is 1. The Morgan fingerprint density at radius 2 is 2.06 bits per heavy atom. The molecule has 6 heteroatoms. The number of aromatic nitrogens is 2. The molecule has 0 saturated heterocycles. The van der Waals surface area contributed by atoms with Crippen LogP contribution >= 0.6 is 23.2 Å². The first-order valence-corrected chi connectivity index (χ1v) is 5.43. The molecule has 0 saturated carbocycles. The Hall–Kier alpha value is -1.39. The fourth-order valence-electron chi connectivity index (χ4n) is 1.44. The normalized spacial score (nSPS) is 10.6. The minimum absolute atomic E-state index is 0.103. The number of aryl methyl sites for hydroxylation is 1. The molecule has 3 nitrogen and oxygen atoms in total. The second kappa shape index (κ2) is 4.47. The van der Waals surface area contributed by atoms with E-state index in [1.165, 1.54) is 23.0 Å². The smallest absolute Gasteiger partial charge is 0.212 e. The SMILES string of the molecule is Cn1ncc(Cl)c1C(=O)c1ccc(F)c(Cl)c1. The lowest BCUT2D eigenvalue weighted by molar-refractivity contribution is 0.103. The standard InChI is InChI=1S/C11H7Cl2FN2O/c1-16-10(8(13)5-15-16)11(17)6-2-3-9(14)7(12)4-6/h2-5H,1H3. The van der Waals surface area contributed by atoms with Gasteiger partial charge in [-0.1, -0.05) is 23.2 Å². The highest BCUT2D eigenvalue weighted by Gasteiger charge is 2.18. The van der Waals surface area contributed by atoms with Crippen molar-refractivity contribution in [3.8, 4) is 0 Å². The average Bonchev–Trinajstić information content (AvgIpc) is 2.62. The Morgan fingerprint density at radius 1 is 1.35 bits per heavy atom. The van der Waals surface area contributed by atoms with E-state index in [4.69, 9.17) is 23.2 Å². The van der Waals surface area contributed by atoms with Crippen LogP contribution in [0.2, 0.25) is 10.0 Å². The first-order valence-electron chi connectivity index (χ1n) is 4.68. The van der Waals surface area contributed by atoms with Gasteiger partial charge in [-0.3, -0.25) is 9.48 Å². The van der Waals surface area contributed by atoms with E-state index in [2.05, 4.69) is 5.10 Å². The van der Waals surface area contributed by atoms with E-state index in [0.717, 1.165) is 6.07 Å². The molecule has 0 spiro atoms. The number of nitrogens with zero attached hydrogens (tertiary/aromatic N) is 2. The summed E-state index contributed by atoms with van der Waals surface area (Å²) in [6, 6.07) is 3.76. The van der Waals surface area contributed by atoms with Crippen LogP contribution in [0.15, 0.2) is 24.4 Å². The monoisotopic (exact) mass is 272 g/mol. The topological polar surface area (TPSA) is 34.9 Å². The van der Waals surface area contributed by atoms with E-state index in [-0.39, 0.29) is 27.1 Å². The zero-order valence-corrected chi connectivity index (χ0v) is 10.3.